The van der Waals surface area contributed by atoms with Crippen LogP contribution in [0.2, 0.25) is 0 Å². The molecule has 0 heterocycles. The normalized spacial score (nSPS) is 13.2. The van der Waals surface area contributed by atoms with Crippen LogP contribution in [0, 0.1) is 0 Å². The molecule has 0 saturated carbocycles. The smallest absolute Gasteiger partial charge is 0.449 e. The molecule has 0 aliphatic carbocycles. The van der Waals surface area contributed by atoms with Crippen molar-refractivity contribution >= 4 is 6.16 Å². The minimum atomic E-state index is -1.26. The molecule has 1 unspecified atom stereocenters. The second-order valence-electron chi connectivity index (χ2n) is 5.65. The van der Waals surface area contributed by atoms with Gasteiger partial charge in [0, 0.05) is 5.56 Å². The van der Waals surface area contributed by atoms with E-state index >= 15 is 0 Å². The summed E-state index contributed by atoms with van der Waals surface area (Å²) in [7, 11) is 0. The van der Waals surface area contributed by atoms with Gasteiger partial charge < -0.3 is 9.84 Å². The second kappa shape index (κ2) is 5.42. The summed E-state index contributed by atoms with van der Waals surface area (Å²) >= 11 is 0. The summed E-state index contributed by atoms with van der Waals surface area (Å²) in [6, 6.07) is 5.64. The summed E-state index contributed by atoms with van der Waals surface area (Å²) in [5.74, 6) is 0.837. The van der Waals surface area contributed by atoms with Crippen molar-refractivity contribution < 1.29 is 14.6 Å². The molecule has 3 heteroatoms. The van der Waals surface area contributed by atoms with Crippen molar-refractivity contribution in [3.8, 4) is 5.75 Å². The van der Waals surface area contributed by atoms with Crippen LogP contribution in [0.5, 0.6) is 5.75 Å². The minimum Gasteiger partial charge on any atom is -0.449 e. The van der Waals surface area contributed by atoms with Gasteiger partial charge in [-0.25, -0.2) is 4.79 Å². The third kappa shape index (κ3) is 3.25. The van der Waals surface area contributed by atoms with E-state index in [9.17, 15) is 4.79 Å². The summed E-state index contributed by atoms with van der Waals surface area (Å²) in [5.41, 5.74) is 2.01. The number of carbonyl (C=O) groups is 1. The molecule has 0 radical (unpaired) electrons. The number of hydrogen-bond donors (Lipinski definition) is 1. The molecule has 1 aromatic carbocycles. The zero-order valence-electron chi connectivity index (χ0n) is 11.8. The Balaban J connectivity index is 3.40. The highest BCUT2D eigenvalue weighted by Crippen LogP contribution is 2.38. The van der Waals surface area contributed by atoms with Gasteiger partial charge in [-0.2, -0.15) is 0 Å². The second-order valence-corrected chi connectivity index (χ2v) is 5.65. The van der Waals surface area contributed by atoms with Crippen LogP contribution in [0.25, 0.3) is 0 Å². The van der Waals surface area contributed by atoms with Gasteiger partial charge in [0.1, 0.15) is 5.75 Å². The van der Waals surface area contributed by atoms with Crippen LogP contribution in [0.3, 0.4) is 0 Å². The quantitative estimate of drug-likeness (QED) is 0.632. The molecular formula is C15H22O3. The Morgan fingerprint density at radius 2 is 2.00 bits per heavy atom. The van der Waals surface area contributed by atoms with Gasteiger partial charge in [-0.1, -0.05) is 46.8 Å². The summed E-state index contributed by atoms with van der Waals surface area (Å²) in [5, 5.41) is 8.82. The molecule has 18 heavy (non-hydrogen) atoms. The van der Waals surface area contributed by atoms with E-state index in [1.807, 2.05) is 6.07 Å². The highest BCUT2D eigenvalue weighted by Gasteiger charge is 2.25. The van der Waals surface area contributed by atoms with Crippen LogP contribution >= 0.6 is 0 Å². The number of rotatable bonds is 3. The average Bonchev–Trinajstić information content (AvgIpc) is 2.25. The molecule has 1 atom stereocenters. The van der Waals surface area contributed by atoms with E-state index in [-0.39, 0.29) is 5.41 Å². The van der Waals surface area contributed by atoms with E-state index in [1.165, 1.54) is 5.56 Å². The van der Waals surface area contributed by atoms with E-state index < -0.39 is 6.16 Å². The van der Waals surface area contributed by atoms with Crippen LogP contribution in [-0.2, 0) is 5.41 Å². The zero-order chi connectivity index (χ0) is 13.9. The fraction of sp³-hybridized carbons (Fsp3) is 0.533. The van der Waals surface area contributed by atoms with Crippen LogP contribution < -0.4 is 4.74 Å². The number of benzene rings is 1. The Bertz CT molecular complexity index is 430. The third-order valence-corrected chi connectivity index (χ3v) is 3.15. The van der Waals surface area contributed by atoms with Gasteiger partial charge in [0.2, 0.25) is 0 Å². The van der Waals surface area contributed by atoms with Gasteiger partial charge in [0.05, 0.1) is 0 Å². The van der Waals surface area contributed by atoms with E-state index in [0.717, 1.165) is 12.0 Å². The minimum absolute atomic E-state index is 0.148. The number of hydrogen-bond acceptors (Lipinski definition) is 2. The maximum atomic E-state index is 10.8. The van der Waals surface area contributed by atoms with Crippen LogP contribution in [0.4, 0.5) is 4.79 Å². The Morgan fingerprint density at radius 1 is 1.39 bits per heavy atom. The van der Waals surface area contributed by atoms with Gasteiger partial charge in [-0.15, -0.1) is 0 Å². The van der Waals surface area contributed by atoms with E-state index in [4.69, 9.17) is 9.84 Å². The fourth-order valence-corrected chi connectivity index (χ4v) is 2.16. The third-order valence-electron chi connectivity index (χ3n) is 3.15. The predicted octanol–water partition coefficient (Wildman–Crippen LogP) is 4.55. The Morgan fingerprint density at radius 3 is 2.44 bits per heavy atom. The largest absolute Gasteiger partial charge is 0.511 e. The Kier molecular flexibility index (Phi) is 4.38. The average molecular weight is 250 g/mol. The van der Waals surface area contributed by atoms with Gasteiger partial charge in [-0.3, -0.25) is 0 Å². The van der Waals surface area contributed by atoms with Crippen molar-refractivity contribution in [3.63, 3.8) is 0 Å². The van der Waals surface area contributed by atoms with Gasteiger partial charge in [0.25, 0.3) is 0 Å². The lowest BCUT2D eigenvalue weighted by Gasteiger charge is -2.27. The van der Waals surface area contributed by atoms with Crippen molar-refractivity contribution in [1.29, 1.82) is 0 Å². The lowest BCUT2D eigenvalue weighted by Crippen LogP contribution is -2.18. The predicted molar refractivity (Wildman–Crippen MR) is 72.5 cm³/mol. The van der Waals surface area contributed by atoms with Crippen molar-refractivity contribution in [3.05, 3.63) is 29.3 Å². The molecule has 0 amide bonds. The van der Waals surface area contributed by atoms with E-state index in [0.29, 0.717) is 11.7 Å². The molecule has 0 fully saturated rings. The van der Waals surface area contributed by atoms with E-state index in [2.05, 4.69) is 40.7 Å². The number of carboxylic acid groups (broad SMARTS) is 1. The van der Waals surface area contributed by atoms with Crippen LogP contribution in [0.1, 0.15) is 58.1 Å². The molecule has 3 nitrogen and oxygen atoms in total. The first-order valence-corrected chi connectivity index (χ1v) is 6.31. The highest BCUT2D eigenvalue weighted by molar-refractivity contribution is 5.63. The van der Waals surface area contributed by atoms with Crippen molar-refractivity contribution in [1.82, 2.24) is 0 Å². The molecule has 0 bridgehead atoms. The summed E-state index contributed by atoms with van der Waals surface area (Å²) in [6.07, 6.45) is -0.249. The molecule has 0 aliphatic rings. The molecule has 100 valence electrons. The summed E-state index contributed by atoms with van der Waals surface area (Å²) < 4.78 is 4.92. The lowest BCUT2D eigenvalue weighted by molar-refractivity contribution is 0.143. The molecule has 1 rings (SSSR count). The maximum Gasteiger partial charge on any atom is 0.511 e. The molecule has 0 aliphatic heterocycles. The monoisotopic (exact) mass is 250 g/mol. The topological polar surface area (TPSA) is 46.5 Å². The lowest BCUT2D eigenvalue weighted by atomic mass is 9.79. The maximum absolute atomic E-state index is 10.8. The summed E-state index contributed by atoms with van der Waals surface area (Å²) in [4.78, 5) is 10.8. The van der Waals surface area contributed by atoms with Gasteiger partial charge >= 0.3 is 6.16 Å². The Labute approximate surface area is 109 Å². The van der Waals surface area contributed by atoms with Crippen LogP contribution in [-0.4, -0.2) is 11.3 Å². The van der Waals surface area contributed by atoms with Gasteiger partial charge in [0.15, 0.2) is 0 Å². The molecule has 1 N–H and O–H groups in total. The van der Waals surface area contributed by atoms with Crippen LogP contribution in [0.15, 0.2) is 18.2 Å². The standard InChI is InChI=1S/C15H22O3/c1-6-10(2)11-8-7-9-12(18-14(16)17)13(11)15(3,4)5/h7-10H,6H2,1-5H3,(H,16,17). The zero-order valence-corrected chi connectivity index (χ0v) is 11.8. The first kappa shape index (κ1) is 14.6. The van der Waals surface area contributed by atoms with Crippen molar-refractivity contribution in [2.75, 3.05) is 0 Å². The fourth-order valence-electron chi connectivity index (χ4n) is 2.16. The van der Waals surface area contributed by atoms with Crippen molar-refractivity contribution in [2.24, 2.45) is 0 Å². The first-order chi connectivity index (χ1) is 8.27. The molecular weight excluding hydrogens is 228 g/mol. The molecule has 1 aromatic rings. The van der Waals surface area contributed by atoms with E-state index in [1.54, 1.807) is 6.07 Å². The van der Waals surface area contributed by atoms with Gasteiger partial charge in [-0.05, 0) is 29.4 Å². The molecule has 0 saturated heterocycles. The molecule has 0 aromatic heterocycles. The molecule has 0 spiro atoms. The highest BCUT2D eigenvalue weighted by atomic mass is 16.7. The SMILES string of the molecule is CCC(C)c1cccc(OC(=O)O)c1C(C)(C)C. The number of ether oxygens (including phenoxy) is 1. The Hall–Kier alpha value is -1.51. The summed E-state index contributed by atoms with van der Waals surface area (Å²) in [6.45, 7) is 10.5. The first-order valence-electron chi connectivity index (χ1n) is 6.31. The van der Waals surface area contributed by atoms with Crippen molar-refractivity contribution in [2.45, 2.75) is 52.4 Å².